The molecule has 4 aromatic carbocycles. The zero-order chi connectivity index (χ0) is 27.2. The fourth-order valence-corrected chi connectivity index (χ4v) is 5.00. The van der Waals surface area contributed by atoms with E-state index in [-0.39, 0.29) is 6.04 Å². The van der Waals surface area contributed by atoms with Crippen molar-refractivity contribution in [3.8, 4) is 0 Å². The van der Waals surface area contributed by atoms with E-state index in [0.29, 0.717) is 24.3 Å². The lowest BCUT2D eigenvalue weighted by atomic mass is 9.93. The summed E-state index contributed by atoms with van der Waals surface area (Å²) in [5.41, 5.74) is 8.84. The highest BCUT2D eigenvalue weighted by Crippen LogP contribution is 2.35. The fraction of sp³-hybridized carbons (Fsp3) is 0.257. The monoisotopic (exact) mass is 515 g/mol. The molecule has 0 bridgehead atoms. The zero-order valence-corrected chi connectivity index (χ0v) is 23.3. The van der Waals surface area contributed by atoms with Gasteiger partial charge in [0.25, 0.3) is 0 Å². The summed E-state index contributed by atoms with van der Waals surface area (Å²) in [5, 5.41) is 3.64. The number of aliphatic imine (C=N–C) groups is 2. The first-order valence-corrected chi connectivity index (χ1v) is 13.9. The zero-order valence-electron chi connectivity index (χ0n) is 23.3. The Bertz CT molecular complexity index is 1440. The summed E-state index contributed by atoms with van der Waals surface area (Å²) in [6, 6.07) is 33.6. The smallest absolute Gasteiger partial charge is 0.218 e. The summed E-state index contributed by atoms with van der Waals surface area (Å²) in [6.07, 6.45) is 2.85. The molecule has 1 heterocycles. The van der Waals surface area contributed by atoms with Crippen molar-refractivity contribution in [2.24, 2.45) is 9.98 Å². The van der Waals surface area contributed by atoms with E-state index in [0.717, 1.165) is 34.6 Å². The molecule has 39 heavy (non-hydrogen) atoms. The van der Waals surface area contributed by atoms with Crippen LogP contribution in [-0.2, 0) is 11.2 Å². The average molecular weight is 516 g/mol. The molecule has 4 aromatic rings. The van der Waals surface area contributed by atoms with Gasteiger partial charge in [-0.2, -0.15) is 0 Å². The topological polar surface area (TPSA) is 46.0 Å². The number of nitrogens with zero attached hydrogens (tertiary/aromatic N) is 2. The first kappa shape index (κ1) is 26.4. The van der Waals surface area contributed by atoms with E-state index in [1.807, 2.05) is 30.5 Å². The van der Waals surface area contributed by atoms with Crippen molar-refractivity contribution in [1.29, 1.82) is 0 Å². The number of hydrogen-bond donors (Lipinski definition) is 1. The minimum atomic E-state index is 0.117. The molecule has 0 radical (unpaired) electrons. The van der Waals surface area contributed by atoms with Gasteiger partial charge in [0.2, 0.25) is 5.90 Å². The predicted octanol–water partition coefficient (Wildman–Crippen LogP) is 8.82. The van der Waals surface area contributed by atoms with Crippen molar-refractivity contribution < 1.29 is 4.74 Å². The van der Waals surface area contributed by atoms with E-state index in [1.54, 1.807) is 0 Å². The standard InChI is InChI=1S/C35H37N3O/c1-24(2)29-17-12-18-30(25(3)4)34(29)36-22-27-15-8-10-19-32(27)38-33-20-11-9-16-31(33)35-37-28(23-39-35)21-26-13-6-5-7-14-26/h5-20,22,24-25,28,38H,21,23H2,1-4H3/t28-/m1/s1. The summed E-state index contributed by atoms with van der Waals surface area (Å²) in [6.45, 7) is 9.49. The molecule has 1 aliphatic rings. The fourth-order valence-electron chi connectivity index (χ4n) is 5.00. The third-order valence-corrected chi connectivity index (χ3v) is 7.09. The molecule has 1 atom stereocenters. The second-order valence-corrected chi connectivity index (χ2v) is 10.7. The summed E-state index contributed by atoms with van der Waals surface area (Å²) < 4.78 is 6.09. The van der Waals surface area contributed by atoms with Crippen LogP contribution >= 0.6 is 0 Å². The molecule has 0 unspecified atom stereocenters. The van der Waals surface area contributed by atoms with Gasteiger partial charge >= 0.3 is 0 Å². The van der Waals surface area contributed by atoms with E-state index in [1.165, 1.54) is 16.7 Å². The molecule has 0 saturated heterocycles. The minimum absolute atomic E-state index is 0.117. The Kier molecular flexibility index (Phi) is 8.21. The van der Waals surface area contributed by atoms with Crippen LogP contribution in [0.4, 0.5) is 17.1 Å². The maximum Gasteiger partial charge on any atom is 0.218 e. The molecule has 1 aliphatic heterocycles. The van der Waals surface area contributed by atoms with Crippen molar-refractivity contribution >= 4 is 29.2 Å². The number of rotatable bonds is 9. The largest absolute Gasteiger partial charge is 0.475 e. The lowest BCUT2D eigenvalue weighted by molar-refractivity contribution is 0.317. The highest BCUT2D eigenvalue weighted by Gasteiger charge is 2.22. The van der Waals surface area contributed by atoms with Gasteiger partial charge in [-0.05, 0) is 53.1 Å². The van der Waals surface area contributed by atoms with Gasteiger partial charge in [0.15, 0.2) is 0 Å². The molecular weight excluding hydrogens is 478 g/mol. The first-order valence-electron chi connectivity index (χ1n) is 13.9. The van der Waals surface area contributed by atoms with Gasteiger partial charge in [0.1, 0.15) is 6.61 Å². The molecule has 0 amide bonds. The van der Waals surface area contributed by atoms with Crippen LogP contribution in [0.5, 0.6) is 0 Å². The maximum absolute atomic E-state index is 6.09. The van der Waals surface area contributed by atoms with Crippen molar-refractivity contribution in [3.63, 3.8) is 0 Å². The van der Waals surface area contributed by atoms with Gasteiger partial charge in [0, 0.05) is 17.5 Å². The number of benzene rings is 4. The highest BCUT2D eigenvalue weighted by molar-refractivity contribution is 6.02. The predicted molar refractivity (Wildman–Crippen MR) is 164 cm³/mol. The van der Waals surface area contributed by atoms with Gasteiger partial charge in [-0.25, -0.2) is 4.99 Å². The second-order valence-electron chi connectivity index (χ2n) is 10.7. The van der Waals surface area contributed by atoms with Crippen LogP contribution in [0, 0.1) is 0 Å². The van der Waals surface area contributed by atoms with Gasteiger partial charge in [-0.3, -0.25) is 4.99 Å². The normalized spacial score (nSPS) is 15.1. The van der Waals surface area contributed by atoms with Crippen LogP contribution in [0.2, 0.25) is 0 Å². The quantitative estimate of drug-likeness (QED) is 0.226. The highest BCUT2D eigenvalue weighted by atomic mass is 16.5. The van der Waals surface area contributed by atoms with Crippen LogP contribution in [0.25, 0.3) is 0 Å². The maximum atomic E-state index is 6.09. The molecule has 0 aliphatic carbocycles. The van der Waals surface area contributed by atoms with Crippen LogP contribution in [-0.4, -0.2) is 24.8 Å². The molecule has 5 rings (SSSR count). The molecule has 4 nitrogen and oxygen atoms in total. The summed E-state index contributed by atoms with van der Waals surface area (Å²) in [7, 11) is 0. The molecule has 198 valence electrons. The lowest BCUT2D eigenvalue weighted by Gasteiger charge is -2.17. The van der Waals surface area contributed by atoms with Crippen molar-refractivity contribution in [2.75, 3.05) is 11.9 Å². The van der Waals surface area contributed by atoms with Gasteiger partial charge in [-0.15, -0.1) is 0 Å². The van der Waals surface area contributed by atoms with E-state index in [9.17, 15) is 0 Å². The third kappa shape index (κ3) is 6.28. The Morgan fingerprint density at radius 2 is 1.44 bits per heavy atom. The molecule has 0 fully saturated rings. The molecule has 1 N–H and O–H groups in total. The van der Waals surface area contributed by atoms with E-state index in [4.69, 9.17) is 14.7 Å². The van der Waals surface area contributed by atoms with Gasteiger partial charge < -0.3 is 10.1 Å². The molecule has 0 saturated carbocycles. The van der Waals surface area contributed by atoms with Crippen molar-refractivity contribution in [2.45, 2.75) is 52.0 Å². The Labute approximate surface area is 232 Å². The van der Waals surface area contributed by atoms with Crippen LogP contribution < -0.4 is 5.32 Å². The second kappa shape index (κ2) is 12.1. The van der Waals surface area contributed by atoms with Gasteiger partial charge in [0.05, 0.1) is 23.0 Å². The number of ether oxygens (including phenoxy) is 1. The Balaban J connectivity index is 1.42. The summed E-state index contributed by atoms with van der Waals surface area (Å²) in [5.74, 6) is 1.49. The SMILES string of the molecule is CC(C)c1cccc(C(C)C)c1N=Cc1ccccc1Nc1ccccc1C1=N[C@H](Cc2ccccc2)CO1. The van der Waals surface area contributed by atoms with Crippen LogP contribution in [0.1, 0.15) is 67.3 Å². The van der Waals surface area contributed by atoms with Crippen molar-refractivity contribution in [3.05, 3.63) is 125 Å². The number of anilines is 2. The summed E-state index contributed by atoms with van der Waals surface area (Å²) in [4.78, 5) is 9.99. The molecule has 0 spiro atoms. The van der Waals surface area contributed by atoms with E-state index in [2.05, 4.69) is 106 Å². The average Bonchev–Trinajstić information content (AvgIpc) is 3.41. The Morgan fingerprint density at radius 3 is 2.15 bits per heavy atom. The van der Waals surface area contributed by atoms with E-state index >= 15 is 0 Å². The lowest BCUT2D eigenvalue weighted by Crippen LogP contribution is -2.09. The number of para-hydroxylation sites is 3. The Hall–Kier alpha value is -4.18. The van der Waals surface area contributed by atoms with Crippen LogP contribution in [0.3, 0.4) is 0 Å². The first-order chi connectivity index (χ1) is 19.0. The van der Waals surface area contributed by atoms with Crippen molar-refractivity contribution in [1.82, 2.24) is 0 Å². The molecular formula is C35H37N3O. The number of nitrogens with one attached hydrogen (secondary N) is 1. The van der Waals surface area contributed by atoms with Crippen LogP contribution in [0.15, 0.2) is 107 Å². The minimum Gasteiger partial charge on any atom is -0.475 e. The Morgan fingerprint density at radius 1 is 0.795 bits per heavy atom. The number of hydrogen-bond acceptors (Lipinski definition) is 4. The molecule has 4 heteroatoms. The third-order valence-electron chi connectivity index (χ3n) is 7.09. The molecule has 0 aromatic heterocycles. The van der Waals surface area contributed by atoms with E-state index < -0.39 is 0 Å². The van der Waals surface area contributed by atoms with Gasteiger partial charge in [-0.1, -0.05) is 107 Å². The summed E-state index contributed by atoms with van der Waals surface area (Å²) >= 11 is 0.